The largest absolute Gasteiger partial charge is 0.758 e. The fraction of sp³-hybridized carbons (Fsp3) is 1.00. The fourth-order valence-electron chi connectivity index (χ4n) is 0.433. The Labute approximate surface area is 63.5 Å². The van der Waals surface area contributed by atoms with E-state index in [0.717, 1.165) is 10.9 Å². The molecule has 0 radical (unpaired) electrons. The summed E-state index contributed by atoms with van der Waals surface area (Å²) in [6.45, 7) is 4.44. The van der Waals surface area contributed by atoms with E-state index >= 15 is 0 Å². The first kappa shape index (κ1) is 10.0. The van der Waals surface area contributed by atoms with Gasteiger partial charge in [-0.1, -0.05) is 6.92 Å². The third-order valence-corrected chi connectivity index (χ3v) is 1.56. The van der Waals surface area contributed by atoms with Gasteiger partial charge in [0.1, 0.15) is 0 Å². The molecule has 0 aromatic rings. The molecule has 10 heavy (non-hydrogen) atoms. The quantitative estimate of drug-likeness (QED) is 0.440. The standard InChI is InChI=1S/C5H13NO3S/c1-3-5-9-6(4-2)10(7)8/h3-5H2,1-2H3,(H,7,8)/p-1. The van der Waals surface area contributed by atoms with Crippen molar-refractivity contribution in [3.05, 3.63) is 0 Å². The number of hydrogen-bond acceptors (Lipinski definition) is 3. The Balaban J connectivity index is 3.50. The summed E-state index contributed by atoms with van der Waals surface area (Å²) >= 11 is -2.24. The van der Waals surface area contributed by atoms with Gasteiger partial charge in [0.05, 0.1) is 6.61 Å². The lowest BCUT2D eigenvalue weighted by Gasteiger charge is -2.20. The lowest BCUT2D eigenvalue weighted by molar-refractivity contribution is -0.0818. The second-order valence-corrected chi connectivity index (χ2v) is 2.54. The van der Waals surface area contributed by atoms with E-state index in [0.29, 0.717) is 13.2 Å². The van der Waals surface area contributed by atoms with E-state index in [2.05, 4.69) is 0 Å². The predicted octanol–water partition coefficient (Wildman–Crippen LogP) is 0.444. The van der Waals surface area contributed by atoms with Crippen LogP contribution >= 0.6 is 0 Å². The second-order valence-electron chi connectivity index (χ2n) is 1.70. The minimum absolute atomic E-state index is 0.357. The van der Waals surface area contributed by atoms with Crippen molar-refractivity contribution in [2.24, 2.45) is 0 Å². The maximum Gasteiger partial charge on any atom is 0.0694 e. The Kier molecular flexibility index (Phi) is 5.81. The van der Waals surface area contributed by atoms with E-state index in [4.69, 9.17) is 4.84 Å². The predicted molar refractivity (Wildman–Crippen MR) is 37.5 cm³/mol. The van der Waals surface area contributed by atoms with Gasteiger partial charge < -0.3 is 4.55 Å². The molecule has 0 aliphatic carbocycles. The highest BCUT2D eigenvalue weighted by atomic mass is 32.2. The van der Waals surface area contributed by atoms with Crippen LogP contribution in [0.4, 0.5) is 0 Å². The Hall–Kier alpha value is 0.0300. The van der Waals surface area contributed by atoms with Crippen LogP contribution < -0.4 is 0 Å². The fourth-order valence-corrected chi connectivity index (χ4v) is 0.804. The van der Waals surface area contributed by atoms with Crippen LogP contribution in [0.1, 0.15) is 20.3 Å². The van der Waals surface area contributed by atoms with Gasteiger partial charge in [0.25, 0.3) is 0 Å². The highest BCUT2D eigenvalue weighted by molar-refractivity contribution is 7.76. The van der Waals surface area contributed by atoms with Crippen molar-refractivity contribution in [1.82, 2.24) is 4.47 Å². The molecule has 0 spiro atoms. The SMILES string of the molecule is CCCON(CC)S(=O)[O-]. The molecular weight excluding hydrogens is 154 g/mol. The molecule has 5 heteroatoms. The van der Waals surface area contributed by atoms with Crippen LogP contribution in [0, 0.1) is 0 Å². The summed E-state index contributed by atoms with van der Waals surface area (Å²) in [5.41, 5.74) is 0. The van der Waals surface area contributed by atoms with Crippen molar-refractivity contribution in [3.63, 3.8) is 0 Å². The molecule has 62 valence electrons. The van der Waals surface area contributed by atoms with E-state index < -0.39 is 11.3 Å². The first-order valence-electron chi connectivity index (χ1n) is 3.22. The van der Waals surface area contributed by atoms with E-state index in [1.54, 1.807) is 6.92 Å². The summed E-state index contributed by atoms with van der Waals surface area (Å²) in [5.74, 6) is 0. The summed E-state index contributed by atoms with van der Waals surface area (Å²) in [6, 6.07) is 0. The zero-order valence-electron chi connectivity index (χ0n) is 6.20. The first-order valence-corrected chi connectivity index (χ1v) is 4.25. The van der Waals surface area contributed by atoms with Crippen LogP contribution in [0.5, 0.6) is 0 Å². The zero-order valence-corrected chi connectivity index (χ0v) is 7.02. The Morgan fingerprint density at radius 2 is 2.20 bits per heavy atom. The molecule has 0 N–H and O–H groups in total. The lowest BCUT2D eigenvalue weighted by Crippen LogP contribution is -2.26. The second kappa shape index (κ2) is 5.79. The molecular formula is C5H12NO3S-. The number of rotatable bonds is 5. The number of nitrogens with zero attached hydrogens (tertiary/aromatic N) is 1. The molecule has 0 rings (SSSR count). The Morgan fingerprint density at radius 3 is 2.50 bits per heavy atom. The molecule has 0 aliphatic heterocycles. The molecule has 1 atom stereocenters. The lowest BCUT2D eigenvalue weighted by atomic mass is 10.5. The maximum atomic E-state index is 10.2. The van der Waals surface area contributed by atoms with Crippen LogP contribution in [0.2, 0.25) is 0 Å². The van der Waals surface area contributed by atoms with Gasteiger partial charge in [0.2, 0.25) is 0 Å². The van der Waals surface area contributed by atoms with Crippen LogP contribution in [0.25, 0.3) is 0 Å². The average Bonchev–Trinajstić information content (AvgIpc) is 1.89. The number of hydroxylamine groups is 1. The Bertz CT molecular complexity index is 109. The van der Waals surface area contributed by atoms with Crippen molar-refractivity contribution < 1.29 is 13.6 Å². The minimum Gasteiger partial charge on any atom is -0.758 e. The molecule has 0 heterocycles. The van der Waals surface area contributed by atoms with Gasteiger partial charge in [0.15, 0.2) is 0 Å². The summed E-state index contributed by atoms with van der Waals surface area (Å²) in [7, 11) is 0. The van der Waals surface area contributed by atoms with Gasteiger partial charge in [-0.2, -0.15) is 0 Å². The molecule has 0 aliphatic rings. The van der Waals surface area contributed by atoms with Crippen molar-refractivity contribution in [2.45, 2.75) is 20.3 Å². The zero-order chi connectivity index (χ0) is 7.98. The van der Waals surface area contributed by atoms with E-state index in [9.17, 15) is 8.76 Å². The number of hydrogen-bond donors (Lipinski definition) is 0. The highest BCUT2D eigenvalue weighted by Crippen LogP contribution is 1.93. The molecule has 0 amide bonds. The Morgan fingerprint density at radius 1 is 1.60 bits per heavy atom. The van der Waals surface area contributed by atoms with Gasteiger partial charge in [-0.15, -0.1) is 4.47 Å². The molecule has 0 saturated heterocycles. The summed E-state index contributed by atoms with van der Waals surface area (Å²) < 4.78 is 21.4. The van der Waals surface area contributed by atoms with Gasteiger partial charge in [-0.25, -0.2) is 0 Å². The van der Waals surface area contributed by atoms with Gasteiger partial charge in [-0.05, 0) is 13.3 Å². The van der Waals surface area contributed by atoms with Crippen LogP contribution in [-0.4, -0.2) is 26.4 Å². The first-order chi connectivity index (χ1) is 4.72. The minimum atomic E-state index is -2.24. The molecule has 0 aromatic carbocycles. The molecule has 4 nitrogen and oxygen atoms in total. The van der Waals surface area contributed by atoms with Crippen molar-refractivity contribution in [3.8, 4) is 0 Å². The van der Waals surface area contributed by atoms with Crippen molar-refractivity contribution in [1.29, 1.82) is 0 Å². The van der Waals surface area contributed by atoms with E-state index in [1.165, 1.54) is 0 Å². The van der Waals surface area contributed by atoms with Crippen LogP contribution in [0.15, 0.2) is 0 Å². The molecule has 0 fully saturated rings. The highest BCUT2D eigenvalue weighted by Gasteiger charge is 1.99. The van der Waals surface area contributed by atoms with Crippen molar-refractivity contribution >= 4 is 11.3 Å². The molecule has 0 aromatic heterocycles. The third-order valence-electron chi connectivity index (χ3n) is 0.864. The van der Waals surface area contributed by atoms with Gasteiger partial charge >= 0.3 is 0 Å². The summed E-state index contributed by atoms with van der Waals surface area (Å²) in [4.78, 5) is 4.82. The third kappa shape index (κ3) is 3.94. The molecule has 0 saturated carbocycles. The monoisotopic (exact) mass is 166 g/mol. The van der Waals surface area contributed by atoms with Crippen LogP contribution in [-0.2, 0) is 16.1 Å². The van der Waals surface area contributed by atoms with Crippen LogP contribution in [0.3, 0.4) is 0 Å². The molecule has 0 bridgehead atoms. The summed E-state index contributed by atoms with van der Waals surface area (Å²) in [5, 5.41) is 0. The van der Waals surface area contributed by atoms with Gasteiger partial charge in [-0.3, -0.25) is 9.05 Å². The topological polar surface area (TPSA) is 52.6 Å². The summed E-state index contributed by atoms with van der Waals surface area (Å²) in [6.07, 6.45) is 0.813. The van der Waals surface area contributed by atoms with E-state index in [-0.39, 0.29) is 0 Å². The smallest absolute Gasteiger partial charge is 0.0694 e. The maximum absolute atomic E-state index is 10.2. The average molecular weight is 166 g/mol. The normalized spacial score (nSPS) is 14.0. The van der Waals surface area contributed by atoms with E-state index in [1.807, 2.05) is 6.92 Å². The van der Waals surface area contributed by atoms with Crippen molar-refractivity contribution in [2.75, 3.05) is 13.2 Å². The van der Waals surface area contributed by atoms with Gasteiger partial charge in [0, 0.05) is 17.8 Å². The molecule has 1 unspecified atom stereocenters.